The van der Waals surface area contributed by atoms with Gasteiger partial charge in [-0.05, 0) is 65.7 Å². The van der Waals surface area contributed by atoms with E-state index in [4.69, 9.17) is 15.0 Å². The van der Waals surface area contributed by atoms with Crippen molar-refractivity contribution in [2.24, 2.45) is 0 Å². The van der Waals surface area contributed by atoms with Crippen molar-refractivity contribution in [1.82, 2.24) is 19.5 Å². The molecule has 0 saturated heterocycles. The first kappa shape index (κ1) is 36.0. The molecule has 9 aromatic carbocycles. The Hall–Kier alpha value is -7.55. The standard InChI is InChI=1S/C57H32N4S3/c1-5-19-47-39(15-1)45-27-28-46-42-18-4-8-22-50(42)64-54(46)53(45)61(47)38-14-10-12-34(30-38)33-11-9-13-35(29-33)55-58-56(36-23-25-43-40-16-2-6-20-48(40)62-51(43)31-36)60-57(59-55)37-24-26-44-41-17-3-7-21-49(41)63-52(44)32-37/h1-32H. The van der Waals surface area contributed by atoms with Crippen LogP contribution in [0.15, 0.2) is 194 Å². The molecule has 0 N–H and O–H groups in total. The maximum Gasteiger partial charge on any atom is 0.164 e. The van der Waals surface area contributed by atoms with Gasteiger partial charge in [0.15, 0.2) is 17.5 Å². The lowest BCUT2D eigenvalue weighted by Crippen LogP contribution is -2.00. The number of hydrogen-bond acceptors (Lipinski definition) is 6. The van der Waals surface area contributed by atoms with Crippen LogP contribution < -0.4 is 0 Å². The molecule has 0 unspecified atom stereocenters. The molecule has 4 nitrogen and oxygen atoms in total. The zero-order valence-corrected chi connectivity index (χ0v) is 36.4. The van der Waals surface area contributed by atoms with Gasteiger partial charge in [-0.15, -0.1) is 34.0 Å². The number of nitrogens with zero attached hydrogens (tertiary/aromatic N) is 4. The number of benzene rings is 9. The van der Waals surface area contributed by atoms with Crippen LogP contribution in [0.2, 0.25) is 0 Å². The number of aromatic nitrogens is 4. The molecule has 64 heavy (non-hydrogen) atoms. The van der Waals surface area contributed by atoms with Crippen molar-refractivity contribution < 1.29 is 0 Å². The van der Waals surface area contributed by atoms with E-state index < -0.39 is 0 Å². The Kier molecular flexibility index (Phi) is 7.86. The highest BCUT2D eigenvalue weighted by Gasteiger charge is 2.19. The van der Waals surface area contributed by atoms with Gasteiger partial charge in [0.25, 0.3) is 0 Å². The van der Waals surface area contributed by atoms with E-state index in [0.29, 0.717) is 17.5 Å². The molecule has 14 rings (SSSR count). The zero-order chi connectivity index (χ0) is 41.9. The van der Waals surface area contributed by atoms with Crippen molar-refractivity contribution in [3.63, 3.8) is 0 Å². The lowest BCUT2D eigenvalue weighted by molar-refractivity contribution is 1.08. The molecule has 0 aliphatic carbocycles. The average molecular weight is 869 g/mol. The lowest BCUT2D eigenvalue weighted by Gasteiger charge is -2.12. The second-order valence-electron chi connectivity index (χ2n) is 16.3. The molecule has 0 amide bonds. The van der Waals surface area contributed by atoms with E-state index in [1.807, 2.05) is 11.3 Å². The number of para-hydroxylation sites is 1. The van der Waals surface area contributed by atoms with E-state index in [1.54, 1.807) is 22.7 Å². The number of thiophene rings is 3. The summed E-state index contributed by atoms with van der Waals surface area (Å²) < 4.78 is 10.0. The summed E-state index contributed by atoms with van der Waals surface area (Å²) in [5.74, 6) is 1.95. The van der Waals surface area contributed by atoms with E-state index in [9.17, 15) is 0 Å². The molecule has 7 heteroatoms. The topological polar surface area (TPSA) is 43.6 Å². The molecule has 0 radical (unpaired) electrons. The van der Waals surface area contributed by atoms with Gasteiger partial charge < -0.3 is 4.57 Å². The largest absolute Gasteiger partial charge is 0.308 e. The molecule has 0 aliphatic rings. The van der Waals surface area contributed by atoms with Gasteiger partial charge in [-0.25, -0.2) is 15.0 Å². The van der Waals surface area contributed by atoms with Crippen molar-refractivity contribution in [3.05, 3.63) is 194 Å². The number of fused-ring (bicyclic) bond motifs is 13. The van der Waals surface area contributed by atoms with Crippen LogP contribution in [-0.2, 0) is 0 Å². The van der Waals surface area contributed by atoms with Crippen molar-refractivity contribution in [2.45, 2.75) is 0 Å². The van der Waals surface area contributed by atoms with Crippen LogP contribution in [-0.4, -0.2) is 19.5 Å². The average Bonchev–Trinajstić information content (AvgIpc) is 4.12. The van der Waals surface area contributed by atoms with Crippen LogP contribution >= 0.6 is 34.0 Å². The minimum absolute atomic E-state index is 0.639. The van der Waals surface area contributed by atoms with Crippen molar-refractivity contribution in [1.29, 1.82) is 0 Å². The van der Waals surface area contributed by atoms with Gasteiger partial charge in [-0.1, -0.05) is 140 Å². The molecule has 0 atom stereocenters. The minimum Gasteiger partial charge on any atom is -0.308 e. The second kappa shape index (κ2) is 14.0. The van der Waals surface area contributed by atoms with E-state index in [0.717, 1.165) is 33.5 Å². The Morgan fingerprint density at radius 2 is 0.750 bits per heavy atom. The molecule has 5 heterocycles. The Labute approximate surface area is 378 Å². The third-order valence-corrected chi connectivity index (χ3v) is 16.1. The summed E-state index contributed by atoms with van der Waals surface area (Å²) >= 11 is 5.49. The van der Waals surface area contributed by atoms with Crippen LogP contribution in [0.3, 0.4) is 0 Å². The Morgan fingerprint density at radius 3 is 1.39 bits per heavy atom. The van der Waals surface area contributed by atoms with Gasteiger partial charge in [0.2, 0.25) is 0 Å². The highest BCUT2D eigenvalue weighted by Crippen LogP contribution is 2.44. The Morgan fingerprint density at radius 1 is 0.297 bits per heavy atom. The summed E-state index contributed by atoms with van der Waals surface area (Å²) in [5, 5.41) is 10.2. The minimum atomic E-state index is 0.639. The first-order valence-electron chi connectivity index (χ1n) is 21.3. The fraction of sp³-hybridized carbons (Fsp3) is 0. The van der Waals surface area contributed by atoms with Crippen LogP contribution in [0, 0.1) is 0 Å². The van der Waals surface area contributed by atoms with E-state index in [-0.39, 0.29) is 0 Å². The summed E-state index contributed by atoms with van der Waals surface area (Å²) in [4.78, 5) is 15.7. The van der Waals surface area contributed by atoms with Gasteiger partial charge in [0, 0.05) is 89.0 Å². The summed E-state index contributed by atoms with van der Waals surface area (Å²) in [5.41, 5.74) is 8.65. The van der Waals surface area contributed by atoms with Gasteiger partial charge in [-0.3, -0.25) is 0 Å². The quantitative estimate of drug-likeness (QED) is 0.173. The normalized spacial score (nSPS) is 12.1. The van der Waals surface area contributed by atoms with Gasteiger partial charge >= 0.3 is 0 Å². The molecule has 14 aromatic rings. The third-order valence-electron chi connectivity index (χ3n) is 12.6. The lowest BCUT2D eigenvalue weighted by atomic mass is 10.0. The summed E-state index contributed by atoms with van der Waals surface area (Å²) in [6, 6.07) is 70.2. The van der Waals surface area contributed by atoms with Gasteiger partial charge in [0.05, 0.1) is 15.7 Å². The molecule has 0 spiro atoms. The fourth-order valence-corrected chi connectivity index (χ4v) is 13.2. The molecular formula is C57H32N4S3. The van der Waals surface area contributed by atoms with Crippen LogP contribution in [0.25, 0.3) is 133 Å². The number of rotatable bonds is 5. The first-order chi connectivity index (χ1) is 31.7. The number of hydrogen-bond donors (Lipinski definition) is 0. The fourth-order valence-electron chi connectivity index (χ4n) is 9.65. The highest BCUT2D eigenvalue weighted by atomic mass is 32.1. The van der Waals surface area contributed by atoms with E-state index in [2.05, 4.69) is 199 Å². The predicted molar refractivity (Wildman–Crippen MR) is 275 cm³/mol. The molecule has 0 fully saturated rings. The molecule has 0 aliphatic heterocycles. The first-order valence-corrected chi connectivity index (χ1v) is 23.8. The van der Waals surface area contributed by atoms with Crippen molar-refractivity contribution in [3.8, 4) is 51.0 Å². The Bertz CT molecular complexity index is 4090. The Balaban J connectivity index is 0.924. The summed E-state index contributed by atoms with van der Waals surface area (Å²) in [6.07, 6.45) is 0. The van der Waals surface area contributed by atoms with E-state index in [1.165, 1.54) is 82.3 Å². The van der Waals surface area contributed by atoms with Gasteiger partial charge in [0.1, 0.15) is 0 Å². The molecule has 5 aromatic heterocycles. The van der Waals surface area contributed by atoms with E-state index >= 15 is 0 Å². The maximum absolute atomic E-state index is 5.25. The van der Waals surface area contributed by atoms with Crippen LogP contribution in [0.5, 0.6) is 0 Å². The maximum atomic E-state index is 5.25. The predicted octanol–water partition coefficient (Wildman–Crippen LogP) is 16.7. The van der Waals surface area contributed by atoms with Crippen molar-refractivity contribution >= 4 is 116 Å². The highest BCUT2D eigenvalue weighted by molar-refractivity contribution is 7.27. The molecule has 0 bridgehead atoms. The van der Waals surface area contributed by atoms with Crippen molar-refractivity contribution in [2.75, 3.05) is 0 Å². The molecule has 0 saturated carbocycles. The van der Waals surface area contributed by atoms with Gasteiger partial charge in [-0.2, -0.15) is 0 Å². The molecular weight excluding hydrogens is 837 g/mol. The van der Waals surface area contributed by atoms with Crippen LogP contribution in [0.4, 0.5) is 0 Å². The summed E-state index contributed by atoms with van der Waals surface area (Å²) in [6.45, 7) is 0. The summed E-state index contributed by atoms with van der Waals surface area (Å²) in [7, 11) is 0. The smallest absolute Gasteiger partial charge is 0.164 e. The second-order valence-corrected chi connectivity index (χ2v) is 19.6. The third kappa shape index (κ3) is 5.55. The monoisotopic (exact) mass is 868 g/mol. The SMILES string of the molecule is c1cc(-c2cccc(-n3c4ccccc4c4ccc5c6ccccc6sc5c43)c2)cc(-c2nc(-c3ccc4c(c3)sc3ccccc34)nc(-c3ccc4c(c3)sc3ccccc34)n2)c1. The molecule has 298 valence electrons. The zero-order valence-electron chi connectivity index (χ0n) is 34.0. The van der Waals surface area contributed by atoms with Crippen LogP contribution in [0.1, 0.15) is 0 Å².